The molecular weight excluding hydrogens is 285 g/mol. The highest BCUT2D eigenvalue weighted by atomic mass is 19.2. The summed E-state index contributed by atoms with van der Waals surface area (Å²) in [6.07, 6.45) is 0.339. The van der Waals surface area contributed by atoms with Crippen LogP contribution in [0.1, 0.15) is 13.3 Å². The van der Waals surface area contributed by atoms with E-state index in [2.05, 4.69) is 5.32 Å². The zero-order chi connectivity index (χ0) is 15.6. The number of carbonyl (C=O) groups excluding carboxylic acids is 1. The summed E-state index contributed by atoms with van der Waals surface area (Å²) in [4.78, 5) is 13.6. The van der Waals surface area contributed by atoms with Gasteiger partial charge in [0.2, 0.25) is 5.91 Å². The quantitative estimate of drug-likeness (QED) is 0.833. The largest absolute Gasteiger partial charge is 0.393 e. The van der Waals surface area contributed by atoms with Gasteiger partial charge >= 0.3 is 0 Å². The zero-order valence-electron chi connectivity index (χ0n) is 11.6. The molecule has 2 N–H and O–H groups in total. The van der Waals surface area contributed by atoms with E-state index in [9.17, 15) is 23.1 Å². The molecule has 1 aromatic rings. The minimum Gasteiger partial charge on any atom is -0.393 e. The number of benzene rings is 1. The Bertz CT molecular complexity index is 537. The number of anilines is 1. The Balaban J connectivity index is 1.93. The minimum atomic E-state index is -1.61. The topological polar surface area (TPSA) is 52.6 Å². The summed E-state index contributed by atoms with van der Waals surface area (Å²) >= 11 is 0. The van der Waals surface area contributed by atoms with Gasteiger partial charge in [-0.05, 0) is 37.9 Å². The van der Waals surface area contributed by atoms with Crippen LogP contribution < -0.4 is 5.32 Å². The molecular formula is C14H17F3N2O2. The van der Waals surface area contributed by atoms with Crippen molar-refractivity contribution in [1.29, 1.82) is 0 Å². The summed E-state index contributed by atoms with van der Waals surface area (Å²) in [5, 5.41) is 11.7. The first-order valence-electron chi connectivity index (χ1n) is 6.72. The van der Waals surface area contributed by atoms with E-state index in [-0.39, 0.29) is 18.2 Å². The fourth-order valence-corrected chi connectivity index (χ4v) is 2.42. The maximum absolute atomic E-state index is 13.4. The molecule has 0 aliphatic carbocycles. The van der Waals surface area contributed by atoms with Gasteiger partial charge < -0.3 is 10.4 Å². The Labute approximate surface area is 120 Å². The summed E-state index contributed by atoms with van der Waals surface area (Å²) in [5.74, 6) is -4.72. The summed E-state index contributed by atoms with van der Waals surface area (Å²) in [6.45, 7) is 2.95. The minimum absolute atomic E-state index is 0.0155. The number of carbonyl (C=O) groups is 1. The normalized spacial score (nSPS) is 20.5. The second-order valence-electron chi connectivity index (χ2n) is 5.30. The lowest BCUT2D eigenvalue weighted by atomic mass is 10.0. The summed E-state index contributed by atoms with van der Waals surface area (Å²) in [7, 11) is 0. The van der Waals surface area contributed by atoms with Crippen LogP contribution in [0, 0.1) is 23.4 Å². The summed E-state index contributed by atoms with van der Waals surface area (Å²) in [6, 6.07) is 1.74. The first kappa shape index (κ1) is 15.8. The third-order valence-electron chi connectivity index (χ3n) is 3.67. The van der Waals surface area contributed by atoms with Gasteiger partial charge in [0.1, 0.15) is 0 Å². The fourth-order valence-electron chi connectivity index (χ4n) is 2.42. The van der Waals surface area contributed by atoms with Gasteiger partial charge in [-0.25, -0.2) is 13.2 Å². The third kappa shape index (κ3) is 3.74. The van der Waals surface area contributed by atoms with Crippen molar-refractivity contribution >= 4 is 11.6 Å². The van der Waals surface area contributed by atoms with Crippen LogP contribution in [0.25, 0.3) is 0 Å². The van der Waals surface area contributed by atoms with Crippen molar-refractivity contribution in [3.8, 4) is 0 Å². The Hall–Kier alpha value is -1.60. The van der Waals surface area contributed by atoms with Crippen molar-refractivity contribution in [3.63, 3.8) is 0 Å². The van der Waals surface area contributed by atoms with Crippen molar-refractivity contribution in [2.45, 2.75) is 19.4 Å². The van der Waals surface area contributed by atoms with Crippen LogP contribution in [-0.4, -0.2) is 41.7 Å². The molecule has 1 aliphatic heterocycles. The first-order chi connectivity index (χ1) is 9.88. The molecule has 2 rings (SSSR count). The van der Waals surface area contributed by atoms with Gasteiger partial charge in [0, 0.05) is 6.54 Å². The standard InChI is InChI=1S/C14H17F3N2O2/c1-8(20)9-4-5-19(6-9)7-12(21)18-11-3-2-10(15)13(16)14(11)17/h2-3,8-9,20H,4-7H2,1H3,(H,18,21). The molecule has 1 saturated heterocycles. The van der Waals surface area contributed by atoms with E-state index in [0.29, 0.717) is 13.1 Å². The monoisotopic (exact) mass is 302 g/mol. The van der Waals surface area contributed by atoms with Crippen LogP contribution in [0.4, 0.5) is 18.9 Å². The van der Waals surface area contributed by atoms with Gasteiger partial charge in [-0.3, -0.25) is 9.69 Å². The van der Waals surface area contributed by atoms with Crippen molar-refractivity contribution in [2.75, 3.05) is 25.0 Å². The highest BCUT2D eigenvalue weighted by Gasteiger charge is 2.27. The number of aliphatic hydroxyl groups excluding tert-OH is 1. The van der Waals surface area contributed by atoms with Crippen molar-refractivity contribution in [2.24, 2.45) is 5.92 Å². The molecule has 0 radical (unpaired) electrons. The molecule has 2 atom stereocenters. The lowest BCUT2D eigenvalue weighted by Crippen LogP contribution is -2.32. The predicted octanol–water partition coefficient (Wildman–Crippen LogP) is 1.75. The molecule has 2 unspecified atom stereocenters. The maximum atomic E-state index is 13.4. The van der Waals surface area contributed by atoms with E-state index in [4.69, 9.17) is 0 Å². The molecule has 21 heavy (non-hydrogen) atoms. The number of hydrogen-bond acceptors (Lipinski definition) is 3. The van der Waals surface area contributed by atoms with Crippen LogP contribution in [-0.2, 0) is 4.79 Å². The Kier molecular flexibility index (Phi) is 4.84. The number of amides is 1. The Morgan fingerprint density at radius 1 is 1.43 bits per heavy atom. The average Bonchev–Trinajstić information content (AvgIpc) is 2.88. The van der Waals surface area contributed by atoms with E-state index < -0.39 is 29.5 Å². The number of nitrogens with one attached hydrogen (secondary N) is 1. The van der Waals surface area contributed by atoms with Crippen molar-refractivity contribution in [3.05, 3.63) is 29.6 Å². The van der Waals surface area contributed by atoms with Gasteiger partial charge in [-0.15, -0.1) is 0 Å². The predicted molar refractivity (Wildman–Crippen MR) is 71.2 cm³/mol. The SMILES string of the molecule is CC(O)C1CCN(CC(=O)Nc2ccc(F)c(F)c2F)C1. The van der Waals surface area contributed by atoms with E-state index in [1.807, 2.05) is 4.90 Å². The highest BCUT2D eigenvalue weighted by molar-refractivity contribution is 5.92. The molecule has 7 heteroatoms. The number of hydrogen-bond donors (Lipinski definition) is 2. The van der Waals surface area contributed by atoms with Crippen LogP contribution in [0.2, 0.25) is 0 Å². The molecule has 1 amide bonds. The molecule has 1 heterocycles. The second-order valence-corrected chi connectivity index (χ2v) is 5.30. The van der Waals surface area contributed by atoms with Crippen LogP contribution in [0.15, 0.2) is 12.1 Å². The summed E-state index contributed by atoms with van der Waals surface area (Å²) in [5.41, 5.74) is -0.384. The number of halogens is 3. The Morgan fingerprint density at radius 3 is 2.76 bits per heavy atom. The van der Waals surface area contributed by atoms with Gasteiger partial charge in [0.15, 0.2) is 17.5 Å². The van der Waals surface area contributed by atoms with Gasteiger partial charge in [-0.2, -0.15) is 0 Å². The number of nitrogens with zero attached hydrogens (tertiary/aromatic N) is 1. The van der Waals surface area contributed by atoms with E-state index in [1.54, 1.807) is 6.92 Å². The molecule has 1 aromatic carbocycles. The molecule has 0 saturated carbocycles. The van der Waals surface area contributed by atoms with Crippen LogP contribution in [0.5, 0.6) is 0 Å². The highest BCUT2D eigenvalue weighted by Crippen LogP contribution is 2.21. The average molecular weight is 302 g/mol. The fraction of sp³-hybridized carbons (Fsp3) is 0.500. The molecule has 1 fully saturated rings. The second kappa shape index (κ2) is 6.44. The van der Waals surface area contributed by atoms with Gasteiger partial charge in [0.25, 0.3) is 0 Å². The van der Waals surface area contributed by atoms with Gasteiger partial charge in [-0.1, -0.05) is 0 Å². The smallest absolute Gasteiger partial charge is 0.238 e. The van der Waals surface area contributed by atoms with E-state index in [0.717, 1.165) is 18.6 Å². The maximum Gasteiger partial charge on any atom is 0.238 e. The van der Waals surface area contributed by atoms with E-state index in [1.165, 1.54) is 0 Å². The van der Waals surface area contributed by atoms with Crippen LogP contribution in [0.3, 0.4) is 0 Å². The third-order valence-corrected chi connectivity index (χ3v) is 3.67. The molecule has 0 spiro atoms. The molecule has 1 aliphatic rings. The van der Waals surface area contributed by atoms with E-state index >= 15 is 0 Å². The molecule has 116 valence electrons. The molecule has 0 aromatic heterocycles. The zero-order valence-corrected chi connectivity index (χ0v) is 11.6. The number of aliphatic hydroxyl groups is 1. The Morgan fingerprint density at radius 2 is 2.14 bits per heavy atom. The number of rotatable bonds is 4. The van der Waals surface area contributed by atoms with Gasteiger partial charge in [0.05, 0.1) is 18.3 Å². The lowest BCUT2D eigenvalue weighted by Gasteiger charge is -2.17. The van der Waals surface area contributed by atoms with Crippen LogP contribution >= 0.6 is 0 Å². The number of likely N-dealkylation sites (tertiary alicyclic amines) is 1. The molecule has 4 nitrogen and oxygen atoms in total. The summed E-state index contributed by atoms with van der Waals surface area (Å²) < 4.78 is 39.3. The van der Waals surface area contributed by atoms with Crippen molar-refractivity contribution < 1.29 is 23.1 Å². The van der Waals surface area contributed by atoms with Crippen molar-refractivity contribution in [1.82, 2.24) is 4.90 Å². The molecule has 0 bridgehead atoms. The lowest BCUT2D eigenvalue weighted by molar-refractivity contribution is -0.117. The first-order valence-corrected chi connectivity index (χ1v) is 6.72.